The van der Waals surface area contributed by atoms with Crippen molar-refractivity contribution in [1.29, 1.82) is 0 Å². The monoisotopic (exact) mass is 345 g/mol. The van der Waals surface area contributed by atoms with Crippen molar-refractivity contribution in [1.82, 2.24) is 14.9 Å². The standard InChI is InChI=1S/C14H20ClN3O3S/c1-11-10-16-7-8-18(11)14(19)5-6-17-22(20,21)13-4-2-3-12(15)9-13/h2-4,9,11,16-17H,5-8,10H2,1H3/t11-/m1/s1. The molecule has 1 aliphatic heterocycles. The molecule has 1 aromatic rings. The molecule has 0 unspecified atom stereocenters. The van der Waals surface area contributed by atoms with E-state index < -0.39 is 10.0 Å². The smallest absolute Gasteiger partial charge is 0.240 e. The lowest BCUT2D eigenvalue weighted by molar-refractivity contribution is -0.133. The summed E-state index contributed by atoms with van der Waals surface area (Å²) < 4.78 is 26.6. The molecule has 1 heterocycles. The van der Waals surface area contributed by atoms with Crippen molar-refractivity contribution in [3.8, 4) is 0 Å². The lowest BCUT2D eigenvalue weighted by atomic mass is 10.2. The van der Waals surface area contributed by atoms with Gasteiger partial charge in [0, 0.05) is 43.7 Å². The van der Waals surface area contributed by atoms with E-state index >= 15 is 0 Å². The third-order valence-corrected chi connectivity index (χ3v) is 5.25. The SMILES string of the molecule is C[C@@H]1CNCCN1C(=O)CCNS(=O)(=O)c1cccc(Cl)c1. The van der Waals surface area contributed by atoms with Crippen LogP contribution in [0.25, 0.3) is 0 Å². The fraction of sp³-hybridized carbons (Fsp3) is 0.500. The first kappa shape index (κ1) is 17.2. The molecule has 0 spiro atoms. The molecule has 2 N–H and O–H groups in total. The van der Waals surface area contributed by atoms with Gasteiger partial charge in [-0.3, -0.25) is 4.79 Å². The minimum atomic E-state index is -3.64. The van der Waals surface area contributed by atoms with E-state index in [-0.39, 0.29) is 29.8 Å². The third kappa shape index (κ3) is 4.42. The fourth-order valence-corrected chi connectivity index (χ4v) is 3.70. The largest absolute Gasteiger partial charge is 0.337 e. The molecule has 22 heavy (non-hydrogen) atoms. The van der Waals surface area contributed by atoms with Crippen LogP contribution in [0.4, 0.5) is 0 Å². The summed E-state index contributed by atoms with van der Waals surface area (Å²) in [5.41, 5.74) is 0. The number of sulfonamides is 1. The summed E-state index contributed by atoms with van der Waals surface area (Å²) in [7, 11) is -3.64. The maximum atomic E-state index is 12.1. The highest BCUT2D eigenvalue weighted by Crippen LogP contribution is 2.15. The molecule has 1 aliphatic rings. The van der Waals surface area contributed by atoms with E-state index in [9.17, 15) is 13.2 Å². The minimum absolute atomic E-state index is 0.0391. The maximum absolute atomic E-state index is 12.1. The predicted molar refractivity (Wildman–Crippen MR) is 85.3 cm³/mol. The number of carbonyl (C=O) groups excluding carboxylic acids is 1. The molecule has 1 aromatic carbocycles. The average Bonchev–Trinajstić information content (AvgIpc) is 2.47. The molecule has 0 aromatic heterocycles. The second kappa shape index (κ2) is 7.41. The number of benzene rings is 1. The topological polar surface area (TPSA) is 78.5 Å². The van der Waals surface area contributed by atoms with Crippen LogP contribution in [0.5, 0.6) is 0 Å². The summed E-state index contributed by atoms with van der Waals surface area (Å²) in [6, 6.07) is 6.16. The zero-order chi connectivity index (χ0) is 16.2. The van der Waals surface area contributed by atoms with Crippen LogP contribution in [0, 0.1) is 0 Å². The van der Waals surface area contributed by atoms with Crippen LogP contribution in [0.1, 0.15) is 13.3 Å². The summed E-state index contributed by atoms with van der Waals surface area (Å²) in [4.78, 5) is 14.0. The van der Waals surface area contributed by atoms with Crippen molar-refractivity contribution in [2.75, 3.05) is 26.2 Å². The number of hydrogen-bond donors (Lipinski definition) is 2. The molecule has 1 atom stereocenters. The van der Waals surface area contributed by atoms with Gasteiger partial charge in [0.05, 0.1) is 4.90 Å². The minimum Gasteiger partial charge on any atom is -0.337 e. The van der Waals surface area contributed by atoms with Crippen LogP contribution in [0.15, 0.2) is 29.2 Å². The Bertz CT molecular complexity index is 636. The molecular weight excluding hydrogens is 326 g/mol. The fourth-order valence-electron chi connectivity index (χ4n) is 2.36. The van der Waals surface area contributed by atoms with Crippen molar-refractivity contribution < 1.29 is 13.2 Å². The molecule has 122 valence electrons. The summed E-state index contributed by atoms with van der Waals surface area (Å²) in [6.07, 6.45) is 0.143. The molecule has 2 rings (SSSR count). The van der Waals surface area contributed by atoms with Gasteiger partial charge in [0.1, 0.15) is 0 Å². The third-order valence-electron chi connectivity index (χ3n) is 3.56. The van der Waals surface area contributed by atoms with Gasteiger partial charge in [0.2, 0.25) is 15.9 Å². The van der Waals surface area contributed by atoms with Crippen molar-refractivity contribution in [3.63, 3.8) is 0 Å². The summed E-state index contributed by atoms with van der Waals surface area (Å²) in [5, 5.41) is 3.56. The second-order valence-corrected chi connectivity index (χ2v) is 7.45. The van der Waals surface area contributed by atoms with Crippen molar-refractivity contribution in [3.05, 3.63) is 29.3 Å². The van der Waals surface area contributed by atoms with Crippen molar-refractivity contribution in [2.45, 2.75) is 24.3 Å². The van der Waals surface area contributed by atoms with Gasteiger partial charge in [-0.25, -0.2) is 13.1 Å². The van der Waals surface area contributed by atoms with E-state index in [1.165, 1.54) is 12.1 Å². The second-order valence-electron chi connectivity index (χ2n) is 5.25. The van der Waals surface area contributed by atoms with Crippen LogP contribution < -0.4 is 10.0 Å². The Morgan fingerprint density at radius 3 is 2.95 bits per heavy atom. The molecule has 1 fully saturated rings. The number of carbonyl (C=O) groups is 1. The van der Waals surface area contributed by atoms with Gasteiger partial charge in [0.15, 0.2) is 0 Å². The Labute approximate surface area is 135 Å². The Morgan fingerprint density at radius 2 is 2.27 bits per heavy atom. The van der Waals surface area contributed by atoms with Crippen molar-refractivity contribution >= 4 is 27.5 Å². The zero-order valence-electron chi connectivity index (χ0n) is 12.4. The highest BCUT2D eigenvalue weighted by atomic mass is 35.5. The lowest BCUT2D eigenvalue weighted by Crippen LogP contribution is -2.52. The Kier molecular flexibility index (Phi) is 5.80. The van der Waals surface area contributed by atoms with E-state index in [1.54, 1.807) is 17.0 Å². The van der Waals surface area contributed by atoms with Gasteiger partial charge >= 0.3 is 0 Å². The van der Waals surface area contributed by atoms with Gasteiger partial charge in [-0.1, -0.05) is 17.7 Å². The number of amides is 1. The highest BCUT2D eigenvalue weighted by molar-refractivity contribution is 7.89. The van der Waals surface area contributed by atoms with Crippen molar-refractivity contribution in [2.24, 2.45) is 0 Å². The molecule has 0 bridgehead atoms. The van der Waals surface area contributed by atoms with E-state index in [0.29, 0.717) is 11.6 Å². The normalized spacial score (nSPS) is 19.2. The molecule has 1 amide bonds. The predicted octanol–water partition coefficient (Wildman–Crippen LogP) is 0.829. The van der Waals surface area contributed by atoms with Crippen LogP contribution >= 0.6 is 11.6 Å². The highest BCUT2D eigenvalue weighted by Gasteiger charge is 2.23. The van der Waals surface area contributed by atoms with E-state index in [1.807, 2.05) is 6.92 Å². The zero-order valence-corrected chi connectivity index (χ0v) is 14.0. The Hall–Kier alpha value is -1.15. The first-order valence-electron chi connectivity index (χ1n) is 7.15. The first-order chi connectivity index (χ1) is 10.4. The number of halogens is 1. The Balaban J connectivity index is 1.88. The molecule has 0 saturated carbocycles. The molecule has 8 heteroatoms. The maximum Gasteiger partial charge on any atom is 0.240 e. The van der Waals surface area contributed by atoms with Crippen LogP contribution in [-0.4, -0.2) is 51.4 Å². The van der Waals surface area contributed by atoms with Gasteiger partial charge in [-0.2, -0.15) is 0 Å². The molecular formula is C14H20ClN3O3S. The number of nitrogens with one attached hydrogen (secondary N) is 2. The van der Waals surface area contributed by atoms with Gasteiger partial charge in [0.25, 0.3) is 0 Å². The number of nitrogens with zero attached hydrogens (tertiary/aromatic N) is 1. The van der Waals surface area contributed by atoms with Gasteiger partial charge in [-0.05, 0) is 25.1 Å². The molecule has 0 radical (unpaired) electrons. The van der Waals surface area contributed by atoms with E-state index in [4.69, 9.17) is 11.6 Å². The summed E-state index contributed by atoms with van der Waals surface area (Å²) in [6.45, 7) is 4.23. The summed E-state index contributed by atoms with van der Waals surface area (Å²) >= 11 is 5.79. The lowest BCUT2D eigenvalue weighted by Gasteiger charge is -2.34. The molecule has 1 saturated heterocycles. The summed E-state index contributed by atoms with van der Waals surface area (Å²) in [5.74, 6) is -0.0391. The number of hydrogen-bond acceptors (Lipinski definition) is 4. The van der Waals surface area contributed by atoms with Crippen LogP contribution in [0.2, 0.25) is 5.02 Å². The first-order valence-corrected chi connectivity index (χ1v) is 9.02. The van der Waals surface area contributed by atoms with E-state index in [0.717, 1.165) is 13.1 Å². The van der Waals surface area contributed by atoms with Gasteiger partial charge in [-0.15, -0.1) is 0 Å². The van der Waals surface area contributed by atoms with Crippen LogP contribution in [0.3, 0.4) is 0 Å². The number of piperazine rings is 1. The molecule has 0 aliphatic carbocycles. The van der Waals surface area contributed by atoms with Gasteiger partial charge < -0.3 is 10.2 Å². The van der Waals surface area contributed by atoms with Crippen LogP contribution in [-0.2, 0) is 14.8 Å². The quantitative estimate of drug-likeness (QED) is 0.828. The average molecular weight is 346 g/mol. The Morgan fingerprint density at radius 1 is 1.50 bits per heavy atom. The van der Waals surface area contributed by atoms with E-state index in [2.05, 4.69) is 10.0 Å². The number of rotatable bonds is 5. The molecule has 6 nitrogen and oxygen atoms in total.